The van der Waals surface area contributed by atoms with Gasteiger partial charge >= 0.3 is 5.97 Å². The molecule has 0 heterocycles. The first-order chi connectivity index (χ1) is 12.5. The van der Waals surface area contributed by atoms with Crippen molar-refractivity contribution in [2.45, 2.75) is 30.7 Å². The fourth-order valence-electron chi connectivity index (χ4n) is 2.78. The van der Waals surface area contributed by atoms with Gasteiger partial charge in [-0.3, -0.25) is 0 Å². The molecular weight excluding hydrogens is 348 g/mol. The first kappa shape index (κ1) is 19.7. The molecule has 136 valence electrons. The van der Waals surface area contributed by atoms with Crippen LogP contribution in [0.2, 0.25) is 0 Å². The Balaban J connectivity index is 2.50. The maximum Gasteiger partial charge on any atom is 0.334 e. The Hall–Kier alpha value is -2.65. The number of carbonyl (C=O) groups is 1. The fraction of sp³-hybridized carbons (Fsp3) is 0.300. The lowest BCUT2D eigenvalue weighted by atomic mass is 9.86. The van der Waals surface area contributed by atoms with Gasteiger partial charge in [-0.2, -0.15) is 5.26 Å². The Kier molecular flexibility index (Phi) is 6.53. The Morgan fingerprint density at radius 3 is 2.46 bits per heavy atom. The van der Waals surface area contributed by atoms with Crippen molar-refractivity contribution in [3.8, 4) is 11.8 Å². The summed E-state index contributed by atoms with van der Waals surface area (Å²) in [6.45, 7) is 3.87. The zero-order chi connectivity index (χ0) is 19.2. The van der Waals surface area contributed by atoms with E-state index in [0.717, 1.165) is 16.4 Å². The zero-order valence-corrected chi connectivity index (χ0v) is 15.9. The second-order valence-corrected chi connectivity index (χ2v) is 6.98. The highest BCUT2D eigenvalue weighted by molar-refractivity contribution is 7.99. The lowest BCUT2D eigenvalue weighted by Crippen LogP contribution is -2.43. The third kappa shape index (κ3) is 3.94. The summed E-state index contributed by atoms with van der Waals surface area (Å²) in [5, 5.41) is 22.1. The number of anilines is 1. The summed E-state index contributed by atoms with van der Waals surface area (Å²) in [4.78, 5) is 13.2. The molecule has 0 spiro atoms. The van der Waals surface area contributed by atoms with Crippen molar-refractivity contribution in [2.24, 2.45) is 0 Å². The molecule has 2 aromatic rings. The number of thioether (sulfide) groups is 1. The highest BCUT2D eigenvalue weighted by Gasteiger charge is 2.39. The quantitative estimate of drug-likeness (QED) is 0.667. The molecule has 0 aliphatic heterocycles. The van der Waals surface area contributed by atoms with Crippen molar-refractivity contribution >= 4 is 23.4 Å². The van der Waals surface area contributed by atoms with Crippen LogP contribution in [-0.4, -0.2) is 23.9 Å². The lowest BCUT2D eigenvalue weighted by molar-refractivity contribution is -0.142. The predicted molar refractivity (Wildman–Crippen MR) is 104 cm³/mol. The highest BCUT2D eigenvalue weighted by atomic mass is 32.2. The third-order valence-electron chi connectivity index (χ3n) is 4.22. The molecule has 1 atom stereocenters. The molecule has 2 rings (SSSR count). The molecule has 0 aromatic heterocycles. The Bertz CT molecular complexity index is 815. The number of nitriles is 1. The molecule has 0 saturated heterocycles. The summed E-state index contributed by atoms with van der Waals surface area (Å²) in [6.07, 6.45) is 0.352. The summed E-state index contributed by atoms with van der Waals surface area (Å²) in [5.74, 6) is 0.631. The van der Waals surface area contributed by atoms with Gasteiger partial charge in [0.2, 0.25) is 0 Å². The van der Waals surface area contributed by atoms with Gasteiger partial charge in [0.15, 0.2) is 5.54 Å². The first-order valence-electron chi connectivity index (χ1n) is 8.33. The van der Waals surface area contributed by atoms with Crippen molar-refractivity contribution in [1.29, 1.82) is 5.26 Å². The number of rotatable bonds is 8. The smallest absolute Gasteiger partial charge is 0.334 e. The van der Waals surface area contributed by atoms with E-state index in [-0.39, 0.29) is 0 Å². The SMILES string of the molecule is CCSc1cc(C(CC)(Nc2ccc(C#N)cc2)C(=O)O)ccc1OC. The van der Waals surface area contributed by atoms with E-state index in [1.54, 1.807) is 55.3 Å². The summed E-state index contributed by atoms with van der Waals surface area (Å²) in [6, 6.07) is 14.3. The molecule has 1 unspecified atom stereocenters. The average Bonchev–Trinajstić information content (AvgIpc) is 2.66. The van der Waals surface area contributed by atoms with E-state index in [2.05, 4.69) is 11.4 Å². The normalized spacial score (nSPS) is 12.7. The van der Waals surface area contributed by atoms with E-state index in [1.165, 1.54) is 0 Å². The topological polar surface area (TPSA) is 82.4 Å². The molecular formula is C20H22N2O3S. The number of carboxylic acid groups (broad SMARTS) is 1. The van der Waals surface area contributed by atoms with Gasteiger partial charge in [-0.15, -0.1) is 11.8 Å². The highest BCUT2D eigenvalue weighted by Crippen LogP contribution is 2.37. The number of hydrogen-bond acceptors (Lipinski definition) is 5. The number of nitrogens with one attached hydrogen (secondary N) is 1. The maximum atomic E-state index is 12.3. The number of benzene rings is 2. The van der Waals surface area contributed by atoms with Crippen LogP contribution >= 0.6 is 11.8 Å². The van der Waals surface area contributed by atoms with Gasteiger partial charge in [0.25, 0.3) is 0 Å². The van der Waals surface area contributed by atoms with Crippen LogP contribution in [-0.2, 0) is 10.3 Å². The number of carboxylic acids is 1. The summed E-state index contributed by atoms with van der Waals surface area (Å²) in [5.41, 5.74) is 0.560. The predicted octanol–water partition coefficient (Wildman–Crippen LogP) is 4.48. The van der Waals surface area contributed by atoms with Crippen LogP contribution in [0.3, 0.4) is 0 Å². The van der Waals surface area contributed by atoms with Gasteiger partial charge in [-0.05, 0) is 54.1 Å². The Labute approximate surface area is 158 Å². The second-order valence-electron chi connectivity index (χ2n) is 5.68. The minimum Gasteiger partial charge on any atom is -0.496 e. The van der Waals surface area contributed by atoms with Crippen molar-refractivity contribution in [3.05, 3.63) is 53.6 Å². The number of aliphatic carboxylic acids is 1. The summed E-state index contributed by atoms with van der Waals surface area (Å²) >= 11 is 1.61. The summed E-state index contributed by atoms with van der Waals surface area (Å²) in [7, 11) is 1.61. The van der Waals surface area contributed by atoms with Crippen molar-refractivity contribution in [3.63, 3.8) is 0 Å². The van der Waals surface area contributed by atoms with Crippen LogP contribution in [0.1, 0.15) is 31.4 Å². The fourth-order valence-corrected chi connectivity index (χ4v) is 3.59. The van der Waals surface area contributed by atoms with Gasteiger partial charge in [-0.25, -0.2) is 4.79 Å². The van der Waals surface area contributed by atoms with Gasteiger partial charge in [0.1, 0.15) is 5.75 Å². The third-order valence-corrected chi connectivity index (χ3v) is 5.14. The van der Waals surface area contributed by atoms with Crippen molar-refractivity contribution in [2.75, 3.05) is 18.2 Å². The second kappa shape index (κ2) is 8.63. The van der Waals surface area contributed by atoms with Crippen LogP contribution in [0.4, 0.5) is 5.69 Å². The van der Waals surface area contributed by atoms with E-state index in [4.69, 9.17) is 10.00 Å². The van der Waals surface area contributed by atoms with Gasteiger partial charge < -0.3 is 15.2 Å². The molecule has 0 radical (unpaired) electrons. The molecule has 2 N–H and O–H groups in total. The van der Waals surface area contributed by atoms with Gasteiger partial charge in [0.05, 0.1) is 18.7 Å². The monoisotopic (exact) mass is 370 g/mol. The molecule has 0 saturated carbocycles. The summed E-state index contributed by atoms with van der Waals surface area (Å²) < 4.78 is 5.38. The maximum absolute atomic E-state index is 12.3. The molecule has 5 nitrogen and oxygen atoms in total. The van der Waals surface area contributed by atoms with Crippen molar-refractivity contribution < 1.29 is 14.6 Å². The number of nitrogens with zero attached hydrogens (tertiary/aromatic N) is 1. The molecule has 0 fully saturated rings. The molecule has 6 heteroatoms. The number of ether oxygens (including phenoxy) is 1. The molecule has 0 aliphatic rings. The number of methoxy groups -OCH3 is 1. The average molecular weight is 370 g/mol. The standard InChI is InChI=1S/C20H22N2O3S/c1-4-20(19(23)24,22-16-9-6-14(13-21)7-10-16)15-8-11-17(25-3)18(12-15)26-5-2/h6-12,22H,4-5H2,1-3H3,(H,23,24). The van der Waals surface area contributed by atoms with E-state index < -0.39 is 11.5 Å². The van der Waals surface area contributed by atoms with Gasteiger partial charge in [-0.1, -0.05) is 19.9 Å². The van der Waals surface area contributed by atoms with Crippen LogP contribution < -0.4 is 10.1 Å². The molecule has 0 amide bonds. The minimum atomic E-state index is -1.27. The molecule has 0 aliphatic carbocycles. The van der Waals surface area contributed by atoms with E-state index in [9.17, 15) is 9.90 Å². The minimum absolute atomic E-state index is 0.352. The van der Waals surface area contributed by atoms with Gasteiger partial charge in [0, 0.05) is 10.6 Å². The van der Waals surface area contributed by atoms with Crippen LogP contribution in [0, 0.1) is 11.3 Å². The Morgan fingerprint density at radius 2 is 1.96 bits per heavy atom. The molecule has 26 heavy (non-hydrogen) atoms. The largest absolute Gasteiger partial charge is 0.496 e. The molecule has 0 bridgehead atoms. The first-order valence-corrected chi connectivity index (χ1v) is 9.32. The van der Waals surface area contributed by atoms with Crippen LogP contribution in [0.25, 0.3) is 0 Å². The van der Waals surface area contributed by atoms with E-state index in [0.29, 0.717) is 23.2 Å². The molecule has 2 aromatic carbocycles. The van der Waals surface area contributed by atoms with Crippen LogP contribution in [0.5, 0.6) is 5.75 Å². The number of hydrogen-bond donors (Lipinski definition) is 2. The Morgan fingerprint density at radius 1 is 1.27 bits per heavy atom. The van der Waals surface area contributed by atoms with E-state index >= 15 is 0 Å². The lowest BCUT2D eigenvalue weighted by Gasteiger charge is -2.31. The zero-order valence-electron chi connectivity index (χ0n) is 15.1. The van der Waals surface area contributed by atoms with Crippen LogP contribution in [0.15, 0.2) is 47.4 Å². The van der Waals surface area contributed by atoms with Crippen molar-refractivity contribution in [1.82, 2.24) is 0 Å². The van der Waals surface area contributed by atoms with E-state index in [1.807, 2.05) is 19.9 Å².